The van der Waals surface area contributed by atoms with E-state index in [9.17, 15) is 4.79 Å². The first-order valence-corrected chi connectivity index (χ1v) is 6.94. The Kier molecular flexibility index (Phi) is 6.12. The van der Waals surface area contributed by atoms with Crippen LogP contribution in [0, 0.1) is 0 Å². The van der Waals surface area contributed by atoms with Crippen LogP contribution in [0.4, 0.5) is 0 Å². The van der Waals surface area contributed by atoms with Crippen LogP contribution in [0.3, 0.4) is 0 Å². The first kappa shape index (κ1) is 14.6. The monoisotopic (exact) mass is 275 g/mol. The Morgan fingerprint density at radius 2 is 2.24 bits per heavy atom. The third kappa shape index (κ3) is 4.07. The summed E-state index contributed by atoms with van der Waals surface area (Å²) in [5.41, 5.74) is 0. The molecule has 5 heteroatoms. The van der Waals surface area contributed by atoms with Crippen molar-refractivity contribution in [2.24, 2.45) is 0 Å². The van der Waals surface area contributed by atoms with Crippen molar-refractivity contribution in [2.45, 2.75) is 26.3 Å². The lowest BCUT2D eigenvalue weighted by Crippen LogP contribution is -2.41. The molecular formula is C12H18ClNO2S. The fourth-order valence-electron chi connectivity index (χ4n) is 1.73. The van der Waals surface area contributed by atoms with Gasteiger partial charge >= 0.3 is 0 Å². The van der Waals surface area contributed by atoms with Gasteiger partial charge in [-0.3, -0.25) is 9.69 Å². The van der Waals surface area contributed by atoms with Gasteiger partial charge in [0.15, 0.2) is 5.78 Å². The van der Waals surface area contributed by atoms with Gasteiger partial charge in [-0.1, -0.05) is 18.5 Å². The zero-order chi connectivity index (χ0) is 12.8. The maximum atomic E-state index is 12.2. The Balaban J connectivity index is 2.72. The molecule has 0 fully saturated rings. The fraction of sp³-hybridized carbons (Fsp3) is 0.583. The number of thiophene rings is 1. The van der Waals surface area contributed by atoms with Crippen LogP contribution in [-0.4, -0.2) is 41.5 Å². The van der Waals surface area contributed by atoms with E-state index in [0.717, 1.165) is 13.0 Å². The Morgan fingerprint density at radius 1 is 1.53 bits per heavy atom. The number of carbonyl (C=O) groups is 1. The fourth-order valence-corrected chi connectivity index (χ4v) is 2.80. The zero-order valence-electron chi connectivity index (χ0n) is 10.1. The van der Waals surface area contributed by atoms with Gasteiger partial charge in [0, 0.05) is 6.54 Å². The lowest BCUT2D eigenvalue weighted by molar-refractivity contribution is 0.0812. The van der Waals surface area contributed by atoms with Gasteiger partial charge in [0.1, 0.15) is 0 Å². The van der Waals surface area contributed by atoms with Crippen molar-refractivity contribution in [3.63, 3.8) is 0 Å². The van der Waals surface area contributed by atoms with Crippen LogP contribution in [-0.2, 0) is 0 Å². The number of carbonyl (C=O) groups excluding carboxylic acids is 1. The van der Waals surface area contributed by atoms with E-state index >= 15 is 0 Å². The molecule has 0 aliphatic heterocycles. The smallest absolute Gasteiger partial charge is 0.189 e. The molecule has 0 aliphatic rings. The van der Waals surface area contributed by atoms with E-state index in [1.165, 1.54) is 11.3 Å². The highest BCUT2D eigenvalue weighted by molar-refractivity contribution is 7.18. The quantitative estimate of drug-likeness (QED) is 0.778. The minimum absolute atomic E-state index is 0.0722. The molecule has 96 valence electrons. The van der Waals surface area contributed by atoms with Crippen LogP contribution < -0.4 is 0 Å². The van der Waals surface area contributed by atoms with Crippen LogP contribution in [0.25, 0.3) is 0 Å². The summed E-state index contributed by atoms with van der Waals surface area (Å²) in [6.45, 7) is 5.35. The number of aliphatic hydroxyl groups excluding tert-OH is 1. The van der Waals surface area contributed by atoms with E-state index in [-0.39, 0.29) is 18.4 Å². The van der Waals surface area contributed by atoms with Crippen molar-refractivity contribution < 1.29 is 9.90 Å². The van der Waals surface area contributed by atoms with Crippen LogP contribution >= 0.6 is 22.9 Å². The van der Waals surface area contributed by atoms with Crippen LogP contribution in [0.5, 0.6) is 0 Å². The highest BCUT2D eigenvalue weighted by Crippen LogP contribution is 2.23. The molecule has 0 radical (unpaired) electrons. The Hall–Kier alpha value is -0.420. The highest BCUT2D eigenvalue weighted by Gasteiger charge is 2.22. The first-order chi connectivity index (χ1) is 8.10. The Labute approximate surface area is 111 Å². The molecule has 1 atom stereocenters. The molecular weight excluding hydrogens is 258 g/mol. The summed E-state index contributed by atoms with van der Waals surface area (Å²) in [6, 6.07) is 3.29. The Morgan fingerprint density at radius 3 is 2.71 bits per heavy atom. The molecule has 0 bridgehead atoms. The van der Waals surface area contributed by atoms with Gasteiger partial charge in [-0.25, -0.2) is 0 Å². The third-order valence-electron chi connectivity index (χ3n) is 2.64. The van der Waals surface area contributed by atoms with Crippen molar-refractivity contribution in [2.75, 3.05) is 19.7 Å². The van der Waals surface area contributed by atoms with Gasteiger partial charge in [0.2, 0.25) is 0 Å². The number of nitrogens with zero attached hydrogens (tertiary/aromatic N) is 1. The van der Waals surface area contributed by atoms with E-state index in [4.69, 9.17) is 16.7 Å². The van der Waals surface area contributed by atoms with Crippen molar-refractivity contribution in [1.29, 1.82) is 0 Å². The van der Waals surface area contributed by atoms with Crippen molar-refractivity contribution in [3.8, 4) is 0 Å². The topological polar surface area (TPSA) is 40.5 Å². The molecule has 3 nitrogen and oxygen atoms in total. The first-order valence-electron chi connectivity index (χ1n) is 5.74. The van der Waals surface area contributed by atoms with Crippen LogP contribution in [0.15, 0.2) is 12.1 Å². The van der Waals surface area contributed by atoms with Crippen LogP contribution in [0.1, 0.15) is 29.9 Å². The molecule has 1 aromatic heterocycles. The van der Waals surface area contributed by atoms with Crippen molar-refractivity contribution >= 4 is 28.7 Å². The summed E-state index contributed by atoms with van der Waals surface area (Å²) >= 11 is 7.13. The third-order valence-corrected chi connectivity index (χ3v) is 3.89. The van der Waals surface area contributed by atoms with E-state index in [1.807, 2.05) is 11.8 Å². The summed E-state index contributed by atoms with van der Waals surface area (Å²) in [5.74, 6) is 0.0730. The van der Waals surface area contributed by atoms with Gasteiger partial charge in [-0.2, -0.15) is 0 Å². The second-order valence-corrected chi connectivity index (χ2v) is 5.62. The molecule has 1 rings (SSSR count). The molecule has 0 saturated heterocycles. The van der Waals surface area contributed by atoms with Gasteiger partial charge < -0.3 is 5.11 Å². The van der Waals surface area contributed by atoms with E-state index in [2.05, 4.69) is 6.92 Å². The minimum atomic E-state index is -0.211. The van der Waals surface area contributed by atoms with E-state index in [1.54, 1.807) is 12.1 Å². The predicted octanol–water partition coefficient (Wildman–Crippen LogP) is 2.68. The molecule has 1 aromatic rings. The molecule has 1 heterocycles. The van der Waals surface area contributed by atoms with Gasteiger partial charge in [0.25, 0.3) is 0 Å². The number of Topliss-reactive ketones (excluding diaryl/α,β-unsaturated/α-hetero) is 1. The minimum Gasteiger partial charge on any atom is -0.395 e. The number of hydrogen-bond acceptors (Lipinski definition) is 4. The van der Waals surface area contributed by atoms with E-state index in [0.29, 0.717) is 15.8 Å². The lowest BCUT2D eigenvalue weighted by Gasteiger charge is -2.26. The number of ketones is 1. The summed E-state index contributed by atoms with van der Waals surface area (Å²) in [4.78, 5) is 14.9. The number of rotatable bonds is 7. The van der Waals surface area contributed by atoms with Crippen molar-refractivity contribution in [1.82, 2.24) is 4.90 Å². The molecule has 0 saturated carbocycles. The summed E-state index contributed by atoms with van der Waals surface area (Å²) in [5, 5.41) is 9.00. The molecule has 1 N–H and O–H groups in total. The molecule has 1 unspecified atom stereocenters. The SMILES string of the molecule is CCCN(CCO)C(C)C(=O)c1ccc(Cl)s1. The molecule has 0 spiro atoms. The molecule has 0 aliphatic carbocycles. The Bertz CT molecular complexity index is 361. The largest absolute Gasteiger partial charge is 0.395 e. The van der Waals surface area contributed by atoms with Gasteiger partial charge in [-0.15, -0.1) is 11.3 Å². The summed E-state index contributed by atoms with van der Waals surface area (Å²) in [7, 11) is 0. The zero-order valence-corrected chi connectivity index (χ0v) is 11.7. The second-order valence-electron chi connectivity index (χ2n) is 3.90. The van der Waals surface area contributed by atoms with Crippen LogP contribution in [0.2, 0.25) is 4.34 Å². The maximum Gasteiger partial charge on any atom is 0.189 e. The van der Waals surface area contributed by atoms with Gasteiger partial charge in [-0.05, 0) is 32.0 Å². The average Bonchev–Trinajstić information content (AvgIpc) is 2.73. The number of halogens is 1. The van der Waals surface area contributed by atoms with E-state index < -0.39 is 0 Å². The average molecular weight is 276 g/mol. The van der Waals surface area contributed by atoms with Crippen molar-refractivity contribution in [3.05, 3.63) is 21.3 Å². The lowest BCUT2D eigenvalue weighted by atomic mass is 10.1. The standard InChI is InChI=1S/C12H18ClNO2S/c1-3-6-14(7-8-15)9(2)12(16)10-4-5-11(13)17-10/h4-5,9,15H,3,6-8H2,1-2H3. The molecule has 0 aromatic carbocycles. The highest BCUT2D eigenvalue weighted by atomic mass is 35.5. The normalized spacial score (nSPS) is 13.0. The molecule has 17 heavy (non-hydrogen) atoms. The molecule has 0 amide bonds. The maximum absolute atomic E-state index is 12.2. The predicted molar refractivity (Wildman–Crippen MR) is 72.1 cm³/mol. The summed E-state index contributed by atoms with van der Waals surface area (Å²) < 4.78 is 0.629. The van der Waals surface area contributed by atoms with Gasteiger partial charge in [0.05, 0.1) is 21.9 Å². The number of aliphatic hydroxyl groups is 1. The number of hydrogen-bond donors (Lipinski definition) is 1. The summed E-state index contributed by atoms with van der Waals surface area (Å²) in [6.07, 6.45) is 0.961. The second kappa shape index (κ2) is 7.11.